The molecule has 8 aromatic heterocycles. The fraction of sp³-hybridized carbons (Fsp3) is 0. The maximum Gasteiger partial charge on any atom is 0.164 e. The summed E-state index contributed by atoms with van der Waals surface area (Å²) in [6.07, 6.45) is 9.04. The summed E-state index contributed by atoms with van der Waals surface area (Å²) < 4.78 is 0. The van der Waals surface area contributed by atoms with Crippen molar-refractivity contribution in [3.05, 3.63) is 462 Å². The van der Waals surface area contributed by atoms with Gasteiger partial charge in [-0.15, -0.1) is 0 Å². The molecule has 12 heteroatoms. The summed E-state index contributed by atoms with van der Waals surface area (Å²) >= 11 is 0. The Morgan fingerprint density at radius 1 is 0.127 bits per heavy atom. The standard InChI is InChI=1S/C40H26N2.C38H26N4.C36H24N6/c1-3-13-32-28(9-1)11-5-16-36(32)39-25-31(26-40(42-39)37-17-6-12-29-10-2-4-14-33(29)37)27-20-22-30(23-21-27)34-15-7-19-38-35(34)18-8-24-41-38;1-3-11-27(12-4-1)31-15-9-17-33(25-31)37-40-36(30-22-20-29(21-23-30)35-19-7-8-24-39-35)41-38(42-37)34-18-10-16-32(26-34)28-13-5-2-6-14-28;1-4-20-37-31(13-1)25-16-18-26(19-17-25)34-40-35(29-11-7-9-27(23-29)32-14-2-5-21-38-32)42-36(41-34)30-12-8-10-28(24-30)33-15-3-6-22-39-33/h2*1-26H;1-24H. The Morgan fingerprint density at radius 3 is 0.833 bits per heavy atom. The second kappa shape index (κ2) is 36.0. The number of nitrogens with zero attached hydrogens (tertiary/aromatic N) is 12. The summed E-state index contributed by atoms with van der Waals surface area (Å²) in [4.78, 5) is 57.7. The Bertz CT molecular complexity index is 6990. The number of benzene rings is 14. The molecule has 0 fully saturated rings. The normalized spacial score (nSPS) is 11.0. The van der Waals surface area contributed by atoms with Gasteiger partial charge in [-0.25, -0.2) is 34.9 Å². The molecule has 22 rings (SSSR count). The van der Waals surface area contributed by atoms with Crippen molar-refractivity contribution in [2.24, 2.45) is 0 Å². The van der Waals surface area contributed by atoms with Crippen LogP contribution >= 0.6 is 0 Å². The number of aromatic nitrogens is 12. The van der Waals surface area contributed by atoms with Crippen molar-refractivity contribution in [3.8, 4) is 180 Å². The average molecular weight is 1610 g/mol. The monoisotopic (exact) mass is 1610 g/mol. The Morgan fingerprint density at radius 2 is 0.413 bits per heavy atom. The summed E-state index contributed by atoms with van der Waals surface area (Å²) in [5, 5.41) is 5.99. The van der Waals surface area contributed by atoms with E-state index in [1.54, 1.807) is 24.8 Å². The second-order valence-corrected chi connectivity index (χ2v) is 30.3. The summed E-state index contributed by atoms with van der Waals surface area (Å²) in [6.45, 7) is 0. The van der Waals surface area contributed by atoms with Gasteiger partial charge >= 0.3 is 0 Å². The molecule has 592 valence electrons. The van der Waals surface area contributed by atoms with Crippen LogP contribution in [0.2, 0.25) is 0 Å². The molecular weight excluding hydrogens is 1540 g/mol. The maximum absolute atomic E-state index is 5.29. The van der Waals surface area contributed by atoms with Crippen molar-refractivity contribution >= 4 is 32.4 Å². The average Bonchev–Trinajstić information content (AvgIpc) is 0.772. The lowest BCUT2D eigenvalue weighted by Gasteiger charge is -2.14. The van der Waals surface area contributed by atoms with Gasteiger partial charge in [-0.2, -0.15) is 0 Å². The minimum atomic E-state index is 0.588. The van der Waals surface area contributed by atoms with Crippen molar-refractivity contribution in [2.45, 2.75) is 0 Å². The molecule has 14 aromatic carbocycles. The first-order valence-electron chi connectivity index (χ1n) is 41.8. The van der Waals surface area contributed by atoms with Gasteiger partial charge in [0.2, 0.25) is 0 Å². The molecule has 0 saturated heterocycles. The van der Waals surface area contributed by atoms with Crippen LogP contribution in [0.15, 0.2) is 462 Å². The highest BCUT2D eigenvalue weighted by atomic mass is 15.0. The van der Waals surface area contributed by atoms with Crippen LogP contribution in [-0.2, 0) is 0 Å². The lowest BCUT2D eigenvalue weighted by atomic mass is 9.94. The van der Waals surface area contributed by atoms with E-state index in [1.165, 1.54) is 32.7 Å². The molecule has 0 aliphatic carbocycles. The minimum absolute atomic E-state index is 0.588. The van der Waals surface area contributed by atoms with Gasteiger partial charge in [-0.3, -0.25) is 24.9 Å². The molecule has 0 amide bonds. The number of hydrogen-bond acceptors (Lipinski definition) is 12. The molecule has 12 nitrogen and oxygen atoms in total. The van der Waals surface area contributed by atoms with E-state index >= 15 is 0 Å². The SMILES string of the molecule is c1ccc(-c2ccc(-c3nc(-c4cccc(-c5ccccn5)c4)nc(-c4cccc(-c5ccccn5)c4)n3)cc2)nc1.c1ccc(-c2cccc(-c3nc(-c4ccc(-c5ccccn5)cc4)nc(-c4cccc(-c5ccccc5)c4)n3)c2)cc1.c1ccc2c(-c3cc(-c4ccc(-c5cccc6ncccc56)cc4)cc(-c4cccc5ccccc45)n3)cccc2c1. The molecule has 126 heavy (non-hydrogen) atoms. The topological polar surface area (TPSA) is 155 Å². The molecule has 0 atom stereocenters. The van der Waals surface area contributed by atoms with E-state index in [0.717, 1.165) is 145 Å². The highest BCUT2D eigenvalue weighted by Crippen LogP contribution is 2.40. The first-order valence-corrected chi connectivity index (χ1v) is 41.8. The lowest BCUT2D eigenvalue weighted by Crippen LogP contribution is -2.00. The van der Waals surface area contributed by atoms with Gasteiger partial charge in [0.25, 0.3) is 0 Å². The lowest BCUT2D eigenvalue weighted by molar-refractivity contribution is 1.07. The van der Waals surface area contributed by atoms with E-state index in [4.69, 9.17) is 34.9 Å². The molecule has 0 N–H and O–H groups in total. The Kier molecular flexibility index (Phi) is 22.1. The summed E-state index contributed by atoms with van der Waals surface area (Å²) in [5.41, 5.74) is 27.5. The first-order chi connectivity index (χ1) is 62.4. The molecule has 0 saturated carbocycles. The fourth-order valence-electron chi connectivity index (χ4n) is 15.9. The highest BCUT2D eigenvalue weighted by Gasteiger charge is 2.20. The van der Waals surface area contributed by atoms with Crippen LogP contribution in [0.5, 0.6) is 0 Å². The van der Waals surface area contributed by atoms with Crippen LogP contribution in [0, 0.1) is 0 Å². The molecule has 8 heterocycles. The molecule has 0 aliphatic heterocycles. The van der Waals surface area contributed by atoms with Crippen LogP contribution < -0.4 is 0 Å². The van der Waals surface area contributed by atoms with Crippen molar-refractivity contribution in [2.75, 3.05) is 0 Å². The summed E-state index contributed by atoms with van der Waals surface area (Å²) in [7, 11) is 0. The third kappa shape index (κ3) is 17.2. The van der Waals surface area contributed by atoms with Crippen molar-refractivity contribution < 1.29 is 0 Å². The zero-order valence-electron chi connectivity index (χ0n) is 68.2. The van der Waals surface area contributed by atoms with Gasteiger partial charge in [0, 0.05) is 103 Å². The molecule has 0 spiro atoms. The van der Waals surface area contributed by atoms with Crippen molar-refractivity contribution in [1.29, 1.82) is 0 Å². The predicted octanol–water partition coefficient (Wildman–Crippen LogP) is 27.9. The van der Waals surface area contributed by atoms with E-state index < -0.39 is 0 Å². The third-order valence-electron chi connectivity index (χ3n) is 22.2. The molecular formula is C114H76N12. The largest absolute Gasteiger partial charge is 0.256 e. The van der Waals surface area contributed by atoms with Gasteiger partial charge in [0.15, 0.2) is 34.9 Å². The quantitative estimate of drug-likeness (QED) is 0.0904. The molecule has 0 radical (unpaired) electrons. The van der Waals surface area contributed by atoms with E-state index in [-0.39, 0.29) is 0 Å². The van der Waals surface area contributed by atoms with Gasteiger partial charge < -0.3 is 0 Å². The van der Waals surface area contributed by atoms with Crippen LogP contribution in [-0.4, -0.2) is 59.8 Å². The minimum Gasteiger partial charge on any atom is -0.256 e. The van der Waals surface area contributed by atoms with E-state index in [2.05, 4.69) is 292 Å². The highest BCUT2D eigenvalue weighted by molar-refractivity contribution is 6.00. The number of hydrogen-bond donors (Lipinski definition) is 0. The first kappa shape index (κ1) is 77.4. The van der Waals surface area contributed by atoms with Crippen LogP contribution in [0.1, 0.15) is 0 Å². The second-order valence-electron chi connectivity index (χ2n) is 30.3. The summed E-state index contributed by atoms with van der Waals surface area (Å²) in [5.74, 6) is 3.65. The Balaban J connectivity index is 0.000000119. The van der Waals surface area contributed by atoms with Crippen LogP contribution in [0.3, 0.4) is 0 Å². The summed E-state index contributed by atoms with van der Waals surface area (Å²) in [6, 6.07) is 147. The number of pyridine rings is 6. The van der Waals surface area contributed by atoms with Crippen molar-refractivity contribution in [1.82, 2.24) is 59.8 Å². The van der Waals surface area contributed by atoms with Crippen LogP contribution in [0.25, 0.3) is 213 Å². The molecule has 0 aliphatic rings. The molecule has 22 aromatic rings. The van der Waals surface area contributed by atoms with Gasteiger partial charge in [-0.1, -0.05) is 334 Å². The van der Waals surface area contributed by atoms with Gasteiger partial charge in [0.1, 0.15) is 0 Å². The van der Waals surface area contributed by atoms with E-state index in [1.807, 2.05) is 170 Å². The number of rotatable bonds is 16. The Hall–Kier alpha value is -17.2. The number of fused-ring (bicyclic) bond motifs is 3. The van der Waals surface area contributed by atoms with Crippen molar-refractivity contribution in [3.63, 3.8) is 0 Å². The predicted molar refractivity (Wildman–Crippen MR) is 512 cm³/mol. The fourth-order valence-corrected chi connectivity index (χ4v) is 15.9. The van der Waals surface area contributed by atoms with Gasteiger partial charge in [-0.05, 0) is 163 Å². The Labute approximate surface area is 729 Å². The van der Waals surface area contributed by atoms with E-state index in [9.17, 15) is 0 Å². The van der Waals surface area contributed by atoms with E-state index in [0.29, 0.717) is 34.9 Å². The maximum atomic E-state index is 5.29. The van der Waals surface area contributed by atoms with Crippen LogP contribution in [0.4, 0.5) is 0 Å². The zero-order chi connectivity index (χ0) is 84.2. The molecule has 0 bridgehead atoms. The smallest absolute Gasteiger partial charge is 0.164 e. The third-order valence-corrected chi connectivity index (χ3v) is 22.2. The molecule has 0 unspecified atom stereocenters. The zero-order valence-corrected chi connectivity index (χ0v) is 68.2. The van der Waals surface area contributed by atoms with Gasteiger partial charge in [0.05, 0.1) is 39.7 Å².